The van der Waals surface area contributed by atoms with Crippen LogP contribution in [0.25, 0.3) is 0 Å². The zero-order valence-corrected chi connectivity index (χ0v) is 17.3. The van der Waals surface area contributed by atoms with Crippen LogP contribution < -0.4 is 10.2 Å². The van der Waals surface area contributed by atoms with E-state index >= 15 is 0 Å². The number of halogens is 1. The van der Waals surface area contributed by atoms with Gasteiger partial charge in [-0.2, -0.15) is 0 Å². The van der Waals surface area contributed by atoms with Crippen molar-refractivity contribution in [2.45, 2.75) is 13.6 Å². The largest absolute Gasteiger partial charge is 0.369 e. The van der Waals surface area contributed by atoms with Gasteiger partial charge >= 0.3 is 0 Å². The number of aryl methyl sites for hydroxylation is 1. The summed E-state index contributed by atoms with van der Waals surface area (Å²) in [5.74, 6) is -0.303. The number of hydrogen-bond acceptors (Lipinski definition) is 6. The summed E-state index contributed by atoms with van der Waals surface area (Å²) < 4.78 is 16.3. The first-order valence-electron chi connectivity index (χ1n) is 9.22. The first-order chi connectivity index (χ1) is 13.6. The molecule has 0 unspecified atom stereocenters. The summed E-state index contributed by atoms with van der Waals surface area (Å²) in [6.45, 7) is 6.61. The first kappa shape index (κ1) is 19.0. The van der Waals surface area contributed by atoms with E-state index in [0.29, 0.717) is 21.4 Å². The van der Waals surface area contributed by atoms with Crippen molar-refractivity contribution in [3.05, 3.63) is 63.9 Å². The van der Waals surface area contributed by atoms with Crippen LogP contribution in [-0.2, 0) is 6.67 Å². The Morgan fingerprint density at radius 3 is 2.64 bits per heavy atom. The second-order valence-corrected chi connectivity index (χ2v) is 8.49. The van der Waals surface area contributed by atoms with Crippen LogP contribution >= 0.6 is 23.6 Å². The Balaban J connectivity index is 1.37. The Bertz CT molecular complexity index is 1010. The van der Waals surface area contributed by atoms with Crippen LogP contribution in [-0.4, -0.2) is 40.9 Å². The van der Waals surface area contributed by atoms with E-state index in [1.807, 2.05) is 4.68 Å². The predicted molar refractivity (Wildman–Crippen MR) is 116 cm³/mol. The van der Waals surface area contributed by atoms with Gasteiger partial charge in [0.2, 0.25) is 5.13 Å². The van der Waals surface area contributed by atoms with Crippen molar-refractivity contribution in [3.8, 4) is 0 Å². The Morgan fingerprint density at radius 1 is 1.11 bits per heavy atom. The molecule has 0 bridgehead atoms. The van der Waals surface area contributed by atoms with Gasteiger partial charge in [0, 0.05) is 31.9 Å². The lowest BCUT2D eigenvalue weighted by molar-refractivity contribution is 0.195. The zero-order chi connectivity index (χ0) is 19.5. The van der Waals surface area contributed by atoms with Gasteiger partial charge < -0.3 is 10.2 Å². The van der Waals surface area contributed by atoms with Crippen LogP contribution in [0.15, 0.2) is 48.5 Å². The van der Waals surface area contributed by atoms with E-state index < -0.39 is 0 Å². The van der Waals surface area contributed by atoms with Crippen LogP contribution in [0.2, 0.25) is 0 Å². The lowest BCUT2D eigenvalue weighted by atomic mass is 10.2. The summed E-state index contributed by atoms with van der Waals surface area (Å²) in [7, 11) is 0. The van der Waals surface area contributed by atoms with Gasteiger partial charge in [-0.25, -0.2) is 9.07 Å². The maximum Gasteiger partial charge on any atom is 0.209 e. The smallest absolute Gasteiger partial charge is 0.209 e. The van der Waals surface area contributed by atoms with Crippen molar-refractivity contribution in [2.75, 3.05) is 36.4 Å². The summed E-state index contributed by atoms with van der Waals surface area (Å²) in [5, 5.41) is 8.15. The Labute approximate surface area is 173 Å². The topological polar surface area (TPSA) is 36.3 Å². The van der Waals surface area contributed by atoms with Crippen molar-refractivity contribution in [1.82, 2.24) is 14.7 Å². The van der Waals surface area contributed by atoms with Crippen molar-refractivity contribution < 1.29 is 4.39 Å². The number of benzene rings is 2. The highest BCUT2D eigenvalue weighted by molar-refractivity contribution is 7.73. The van der Waals surface area contributed by atoms with E-state index in [4.69, 9.17) is 12.2 Å². The van der Waals surface area contributed by atoms with Crippen LogP contribution in [0.1, 0.15) is 5.56 Å². The molecule has 4 rings (SSSR count). The van der Waals surface area contributed by atoms with E-state index in [2.05, 4.69) is 51.4 Å². The normalized spacial score (nSPS) is 15.0. The van der Waals surface area contributed by atoms with Gasteiger partial charge in [0.25, 0.3) is 0 Å². The standard InChI is InChI=1S/C20H22FN5S2/c1-15-5-4-6-16(13-15)25-11-9-24(10-12-25)14-26-20(27)28-19(23-26)22-18-8-3-2-7-17(18)21/h2-8,13H,9-12,14H2,1H3,(H,22,23). The molecule has 146 valence electrons. The van der Waals surface area contributed by atoms with Gasteiger partial charge in [0.1, 0.15) is 5.82 Å². The second kappa shape index (κ2) is 8.38. The number of hydrogen-bond donors (Lipinski definition) is 1. The molecule has 5 nitrogen and oxygen atoms in total. The number of anilines is 3. The third-order valence-electron chi connectivity index (χ3n) is 4.79. The molecule has 2 heterocycles. The van der Waals surface area contributed by atoms with E-state index in [1.54, 1.807) is 18.2 Å². The molecule has 2 aromatic carbocycles. The summed E-state index contributed by atoms with van der Waals surface area (Å²) in [6, 6.07) is 15.2. The molecule has 1 aliphatic heterocycles. The Kier molecular flexibility index (Phi) is 5.70. The number of para-hydroxylation sites is 1. The van der Waals surface area contributed by atoms with Crippen LogP contribution in [0, 0.1) is 16.7 Å². The molecular weight excluding hydrogens is 393 g/mol. The van der Waals surface area contributed by atoms with E-state index in [1.165, 1.54) is 28.7 Å². The molecule has 1 saturated heterocycles. The second-order valence-electron chi connectivity index (χ2n) is 6.86. The molecular formula is C20H22FN5S2. The highest BCUT2D eigenvalue weighted by Crippen LogP contribution is 2.23. The zero-order valence-electron chi connectivity index (χ0n) is 15.6. The van der Waals surface area contributed by atoms with Crippen LogP contribution in [0.3, 0.4) is 0 Å². The van der Waals surface area contributed by atoms with Crippen LogP contribution in [0.5, 0.6) is 0 Å². The number of piperazine rings is 1. The quantitative estimate of drug-likeness (QED) is 0.614. The number of rotatable bonds is 5. The summed E-state index contributed by atoms with van der Waals surface area (Å²) >= 11 is 6.81. The molecule has 0 amide bonds. The maximum absolute atomic E-state index is 13.8. The van der Waals surface area contributed by atoms with Crippen LogP contribution in [0.4, 0.5) is 20.9 Å². The lowest BCUT2D eigenvalue weighted by Crippen LogP contribution is -2.47. The fourth-order valence-electron chi connectivity index (χ4n) is 3.29. The minimum absolute atomic E-state index is 0.303. The fourth-order valence-corrected chi connectivity index (χ4v) is 4.29. The maximum atomic E-state index is 13.8. The van der Waals surface area contributed by atoms with E-state index in [-0.39, 0.29) is 5.82 Å². The van der Waals surface area contributed by atoms with E-state index in [0.717, 1.165) is 26.2 Å². The van der Waals surface area contributed by atoms with Gasteiger partial charge in [0.15, 0.2) is 3.95 Å². The summed E-state index contributed by atoms with van der Waals surface area (Å²) in [4.78, 5) is 4.75. The molecule has 0 atom stereocenters. The number of nitrogens with zero attached hydrogens (tertiary/aromatic N) is 4. The van der Waals surface area contributed by atoms with E-state index in [9.17, 15) is 4.39 Å². The molecule has 3 aromatic rings. The van der Waals surface area contributed by atoms with Gasteiger partial charge in [-0.05, 0) is 49.0 Å². The highest BCUT2D eigenvalue weighted by Gasteiger charge is 2.18. The van der Waals surface area contributed by atoms with Crippen molar-refractivity contribution in [1.29, 1.82) is 0 Å². The molecule has 28 heavy (non-hydrogen) atoms. The number of nitrogens with one attached hydrogen (secondary N) is 1. The van der Waals surface area contributed by atoms with Crippen molar-refractivity contribution >= 4 is 40.1 Å². The van der Waals surface area contributed by atoms with Crippen molar-refractivity contribution in [2.24, 2.45) is 0 Å². The van der Waals surface area contributed by atoms with Gasteiger partial charge in [-0.3, -0.25) is 4.90 Å². The van der Waals surface area contributed by atoms with Crippen molar-refractivity contribution in [3.63, 3.8) is 0 Å². The van der Waals surface area contributed by atoms with Gasteiger partial charge in [0.05, 0.1) is 12.4 Å². The minimum Gasteiger partial charge on any atom is -0.369 e. The predicted octanol–water partition coefficient (Wildman–Crippen LogP) is 4.64. The lowest BCUT2D eigenvalue weighted by Gasteiger charge is -2.36. The summed E-state index contributed by atoms with van der Waals surface area (Å²) in [5.41, 5.74) is 2.97. The average Bonchev–Trinajstić information content (AvgIpc) is 3.03. The third-order valence-corrected chi connectivity index (χ3v) is 6.02. The molecule has 0 radical (unpaired) electrons. The molecule has 1 N–H and O–H groups in total. The molecule has 1 aliphatic rings. The third kappa shape index (κ3) is 4.40. The van der Waals surface area contributed by atoms with Gasteiger partial charge in [-0.15, -0.1) is 5.10 Å². The number of aromatic nitrogens is 2. The van der Waals surface area contributed by atoms with Gasteiger partial charge in [-0.1, -0.05) is 35.6 Å². The SMILES string of the molecule is Cc1cccc(N2CCN(Cn3nc(Nc4ccccc4F)sc3=S)CC2)c1. The Hall–Kier alpha value is -2.29. The summed E-state index contributed by atoms with van der Waals surface area (Å²) in [6.07, 6.45) is 0. The molecule has 1 fully saturated rings. The molecule has 0 saturated carbocycles. The first-order valence-corrected chi connectivity index (χ1v) is 10.4. The fraction of sp³-hybridized carbons (Fsp3) is 0.300. The molecule has 8 heteroatoms. The molecule has 0 spiro atoms. The average molecular weight is 416 g/mol. The minimum atomic E-state index is -0.303. The highest BCUT2D eigenvalue weighted by atomic mass is 32.1. The monoisotopic (exact) mass is 415 g/mol. The molecule has 0 aliphatic carbocycles. The molecule has 1 aromatic heterocycles. The Morgan fingerprint density at radius 2 is 1.89 bits per heavy atom.